The first-order valence-electron chi connectivity index (χ1n) is 10.4. The Labute approximate surface area is 182 Å². The summed E-state index contributed by atoms with van der Waals surface area (Å²) in [6.07, 6.45) is 5.06. The van der Waals surface area contributed by atoms with Gasteiger partial charge < -0.3 is 18.8 Å². The average Bonchev–Trinajstić information content (AvgIpc) is 3.36. The number of rotatable bonds is 7. The van der Waals surface area contributed by atoms with Crippen molar-refractivity contribution in [3.05, 3.63) is 72.4 Å². The number of nitrogens with zero attached hydrogens (tertiary/aromatic N) is 3. The van der Waals surface area contributed by atoms with E-state index in [9.17, 15) is 4.79 Å². The summed E-state index contributed by atoms with van der Waals surface area (Å²) in [7, 11) is 3.19. The van der Waals surface area contributed by atoms with Crippen LogP contribution in [0.5, 0.6) is 11.5 Å². The topological polar surface area (TPSA) is 68.0 Å². The van der Waals surface area contributed by atoms with Gasteiger partial charge in [-0.25, -0.2) is 0 Å². The summed E-state index contributed by atoms with van der Waals surface area (Å²) in [6, 6.07) is 15.0. The SMILES string of the molecule is COc1ccc(N(C(=O)c2ccco2)C2CCN(Cc3ccccn3)CC2)cc1OC. The number of anilines is 1. The van der Waals surface area contributed by atoms with Gasteiger partial charge in [-0.1, -0.05) is 6.07 Å². The van der Waals surface area contributed by atoms with Crippen LogP contribution in [0.4, 0.5) is 5.69 Å². The summed E-state index contributed by atoms with van der Waals surface area (Å²) < 4.78 is 16.3. The van der Waals surface area contributed by atoms with Crippen molar-refractivity contribution in [2.24, 2.45) is 0 Å². The number of amides is 1. The predicted molar refractivity (Wildman–Crippen MR) is 118 cm³/mol. The summed E-state index contributed by atoms with van der Waals surface area (Å²) in [5.41, 5.74) is 1.83. The van der Waals surface area contributed by atoms with Gasteiger partial charge in [0.15, 0.2) is 17.3 Å². The quantitative estimate of drug-likeness (QED) is 0.574. The van der Waals surface area contributed by atoms with Gasteiger partial charge in [0.2, 0.25) is 0 Å². The summed E-state index contributed by atoms with van der Waals surface area (Å²) in [5, 5.41) is 0. The number of methoxy groups -OCH3 is 2. The van der Waals surface area contributed by atoms with Crippen LogP contribution in [0.3, 0.4) is 0 Å². The Morgan fingerprint density at radius 1 is 1.10 bits per heavy atom. The number of benzene rings is 1. The molecule has 1 saturated heterocycles. The zero-order chi connectivity index (χ0) is 21.6. The lowest BCUT2D eigenvalue weighted by Crippen LogP contribution is -2.47. The number of piperidine rings is 1. The third kappa shape index (κ3) is 4.72. The monoisotopic (exact) mass is 421 g/mol. The van der Waals surface area contributed by atoms with Gasteiger partial charge in [0.25, 0.3) is 5.91 Å². The number of furan rings is 1. The van der Waals surface area contributed by atoms with Crippen molar-refractivity contribution in [2.75, 3.05) is 32.2 Å². The molecule has 0 unspecified atom stereocenters. The molecule has 0 bridgehead atoms. The maximum atomic E-state index is 13.4. The third-order valence-corrected chi connectivity index (χ3v) is 5.63. The molecular weight excluding hydrogens is 394 g/mol. The van der Waals surface area contributed by atoms with Gasteiger partial charge in [-0.3, -0.25) is 14.7 Å². The van der Waals surface area contributed by atoms with Gasteiger partial charge in [-0.05, 0) is 49.2 Å². The predicted octanol–water partition coefficient (Wildman–Crippen LogP) is 4.00. The molecule has 3 aromatic rings. The van der Waals surface area contributed by atoms with Crippen LogP contribution in [-0.2, 0) is 6.54 Å². The summed E-state index contributed by atoms with van der Waals surface area (Å²) in [5.74, 6) is 1.39. The van der Waals surface area contributed by atoms with Gasteiger partial charge in [0, 0.05) is 43.6 Å². The zero-order valence-electron chi connectivity index (χ0n) is 17.9. The molecule has 0 atom stereocenters. The van der Waals surface area contributed by atoms with Gasteiger partial charge >= 0.3 is 0 Å². The van der Waals surface area contributed by atoms with Gasteiger partial charge in [0.1, 0.15) is 0 Å². The number of carbonyl (C=O) groups is 1. The van der Waals surface area contributed by atoms with Gasteiger partial charge in [-0.2, -0.15) is 0 Å². The minimum absolute atomic E-state index is 0.0516. The Morgan fingerprint density at radius 2 is 1.90 bits per heavy atom. The first-order valence-corrected chi connectivity index (χ1v) is 10.4. The number of hydrogen-bond donors (Lipinski definition) is 0. The molecule has 0 saturated carbocycles. The second-order valence-electron chi connectivity index (χ2n) is 7.52. The number of likely N-dealkylation sites (tertiary alicyclic amines) is 1. The maximum absolute atomic E-state index is 13.4. The highest BCUT2D eigenvalue weighted by atomic mass is 16.5. The summed E-state index contributed by atoms with van der Waals surface area (Å²) in [4.78, 5) is 22.0. The fourth-order valence-electron chi connectivity index (χ4n) is 4.04. The van der Waals surface area contributed by atoms with Crippen LogP contribution < -0.4 is 14.4 Å². The molecule has 1 aliphatic rings. The van der Waals surface area contributed by atoms with E-state index in [0.717, 1.165) is 43.9 Å². The molecule has 0 radical (unpaired) electrons. The Morgan fingerprint density at radius 3 is 2.55 bits per heavy atom. The third-order valence-electron chi connectivity index (χ3n) is 5.63. The van der Waals surface area contributed by atoms with Crippen LogP contribution >= 0.6 is 0 Å². The molecule has 1 amide bonds. The second-order valence-corrected chi connectivity index (χ2v) is 7.52. The number of ether oxygens (including phenoxy) is 2. The Balaban J connectivity index is 1.55. The van der Waals surface area contributed by atoms with Crippen molar-refractivity contribution in [3.8, 4) is 11.5 Å². The largest absolute Gasteiger partial charge is 0.493 e. The normalized spacial score (nSPS) is 14.9. The molecule has 2 aromatic heterocycles. The van der Waals surface area contributed by atoms with E-state index in [4.69, 9.17) is 13.9 Å². The smallest absolute Gasteiger partial charge is 0.294 e. The van der Waals surface area contributed by atoms with Crippen LogP contribution in [-0.4, -0.2) is 49.1 Å². The molecule has 4 rings (SSSR count). The van der Waals surface area contributed by atoms with Crippen LogP contribution in [0.1, 0.15) is 29.1 Å². The molecular formula is C24H27N3O4. The van der Waals surface area contributed by atoms with Crippen molar-refractivity contribution in [1.29, 1.82) is 0 Å². The van der Waals surface area contributed by atoms with Crippen molar-refractivity contribution < 1.29 is 18.7 Å². The molecule has 3 heterocycles. The van der Waals surface area contributed by atoms with E-state index in [2.05, 4.69) is 9.88 Å². The minimum atomic E-state index is -0.152. The van der Waals surface area contributed by atoms with Crippen LogP contribution in [0.2, 0.25) is 0 Å². The number of pyridine rings is 1. The van der Waals surface area contributed by atoms with Crippen molar-refractivity contribution in [3.63, 3.8) is 0 Å². The van der Waals surface area contributed by atoms with Crippen LogP contribution in [0.25, 0.3) is 0 Å². The molecule has 0 aliphatic carbocycles. The number of aromatic nitrogens is 1. The molecule has 1 fully saturated rings. The van der Waals surface area contributed by atoms with E-state index >= 15 is 0 Å². The molecule has 7 heteroatoms. The Hall–Kier alpha value is -3.32. The van der Waals surface area contributed by atoms with Crippen LogP contribution in [0, 0.1) is 0 Å². The average molecular weight is 421 g/mol. The second kappa shape index (κ2) is 9.66. The highest BCUT2D eigenvalue weighted by Crippen LogP contribution is 2.34. The van der Waals surface area contributed by atoms with E-state index < -0.39 is 0 Å². The molecule has 1 aromatic carbocycles. The Kier molecular flexibility index (Phi) is 6.52. The summed E-state index contributed by atoms with van der Waals surface area (Å²) >= 11 is 0. The summed E-state index contributed by atoms with van der Waals surface area (Å²) in [6.45, 7) is 2.59. The van der Waals surface area contributed by atoms with E-state index in [-0.39, 0.29) is 11.9 Å². The highest BCUT2D eigenvalue weighted by Gasteiger charge is 2.31. The van der Waals surface area contributed by atoms with E-state index in [0.29, 0.717) is 17.3 Å². The standard InChI is InChI=1S/C24H27N3O4/c1-29-21-9-8-20(16-23(21)30-2)27(24(28)22-7-5-15-31-22)19-10-13-26(14-11-19)17-18-6-3-4-12-25-18/h3-9,12,15-16,19H,10-11,13-14,17H2,1-2H3. The molecule has 162 valence electrons. The minimum Gasteiger partial charge on any atom is -0.493 e. The molecule has 31 heavy (non-hydrogen) atoms. The fraction of sp³-hybridized carbons (Fsp3) is 0.333. The lowest BCUT2D eigenvalue weighted by molar-refractivity contribution is 0.0931. The molecule has 0 N–H and O–H groups in total. The van der Waals surface area contributed by atoms with Crippen LogP contribution in [0.15, 0.2) is 65.4 Å². The lowest BCUT2D eigenvalue weighted by Gasteiger charge is -2.38. The van der Waals surface area contributed by atoms with Crippen molar-refractivity contribution in [1.82, 2.24) is 9.88 Å². The van der Waals surface area contributed by atoms with Gasteiger partial charge in [-0.15, -0.1) is 0 Å². The van der Waals surface area contributed by atoms with E-state index in [1.54, 1.807) is 26.4 Å². The van der Waals surface area contributed by atoms with E-state index in [1.807, 2.05) is 47.5 Å². The first kappa shape index (κ1) is 20.9. The lowest BCUT2D eigenvalue weighted by atomic mass is 10.0. The molecule has 7 nitrogen and oxygen atoms in total. The fourth-order valence-corrected chi connectivity index (χ4v) is 4.04. The van der Waals surface area contributed by atoms with E-state index in [1.165, 1.54) is 6.26 Å². The number of hydrogen-bond acceptors (Lipinski definition) is 6. The van der Waals surface area contributed by atoms with Gasteiger partial charge in [0.05, 0.1) is 26.2 Å². The zero-order valence-corrected chi connectivity index (χ0v) is 17.9. The highest BCUT2D eigenvalue weighted by molar-refractivity contribution is 6.04. The van der Waals surface area contributed by atoms with Crippen molar-refractivity contribution >= 4 is 11.6 Å². The number of carbonyl (C=O) groups excluding carboxylic acids is 1. The molecule has 0 spiro atoms. The Bertz CT molecular complexity index is 983. The maximum Gasteiger partial charge on any atom is 0.294 e. The molecule has 1 aliphatic heterocycles. The van der Waals surface area contributed by atoms with Crippen molar-refractivity contribution in [2.45, 2.75) is 25.4 Å². The first-order chi connectivity index (χ1) is 15.2.